The molecule has 3 heteroatoms. The third-order valence-corrected chi connectivity index (χ3v) is 2.59. The molecule has 0 atom stereocenters. The second-order valence-corrected chi connectivity index (χ2v) is 3.68. The molecule has 1 aliphatic heterocycles. The third-order valence-electron chi connectivity index (χ3n) is 2.59. The summed E-state index contributed by atoms with van der Waals surface area (Å²) in [5.74, 6) is 0. The zero-order valence-electron chi connectivity index (χ0n) is 8.56. The van der Waals surface area contributed by atoms with Crippen molar-refractivity contribution in [2.45, 2.75) is 13.0 Å². The van der Waals surface area contributed by atoms with Crippen LogP contribution in [0.3, 0.4) is 0 Å². The van der Waals surface area contributed by atoms with Crippen LogP contribution in [0.1, 0.15) is 12.0 Å². The van der Waals surface area contributed by atoms with Gasteiger partial charge >= 0.3 is 0 Å². The third kappa shape index (κ3) is 2.64. The Balaban J connectivity index is 1.94. The Morgan fingerprint density at radius 1 is 1.40 bits per heavy atom. The maximum atomic E-state index is 8.72. The highest BCUT2D eigenvalue weighted by Crippen LogP contribution is 2.12. The number of nitrogens with zero attached hydrogens (tertiary/aromatic N) is 3. The lowest BCUT2D eigenvalue weighted by molar-refractivity contribution is 0.288. The molecule has 0 N–H and O–H groups in total. The Bertz CT molecular complexity index is 389. The summed E-state index contributed by atoms with van der Waals surface area (Å²) in [6.45, 7) is 2.80. The Labute approximate surface area is 89.7 Å². The van der Waals surface area contributed by atoms with Gasteiger partial charge in [-0.15, -0.1) is 0 Å². The fourth-order valence-electron chi connectivity index (χ4n) is 1.70. The molecular weight excluding hydrogens is 186 g/mol. The molecule has 0 fully saturated rings. The van der Waals surface area contributed by atoms with Crippen molar-refractivity contribution in [2.75, 3.05) is 13.1 Å². The second-order valence-electron chi connectivity index (χ2n) is 3.68. The summed E-state index contributed by atoms with van der Waals surface area (Å²) in [5, 5.41) is 8.72. The minimum absolute atomic E-state index is 0.877. The van der Waals surface area contributed by atoms with E-state index in [9.17, 15) is 0 Å². The van der Waals surface area contributed by atoms with Crippen LogP contribution in [0.15, 0.2) is 36.2 Å². The van der Waals surface area contributed by atoms with Crippen molar-refractivity contribution in [1.82, 2.24) is 9.88 Å². The van der Waals surface area contributed by atoms with Crippen LogP contribution in [-0.4, -0.2) is 23.0 Å². The Kier molecular flexibility index (Phi) is 3.11. The standard InChI is InChI=1S/C12H13N3/c13-9-11-3-7-15(8-4-11)10-12-1-5-14-6-2-12/h1-3,5-6H,4,7-8,10H2. The highest BCUT2D eigenvalue weighted by atomic mass is 15.1. The van der Waals surface area contributed by atoms with Gasteiger partial charge in [0.15, 0.2) is 0 Å². The van der Waals surface area contributed by atoms with Crippen molar-refractivity contribution >= 4 is 0 Å². The van der Waals surface area contributed by atoms with Gasteiger partial charge in [-0.3, -0.25) is 9.88 Å². The van der Waals surface area contributed by atoms with E-state index < -0.39 is 0 Å². The second kappa shape index (κ2) is 4.72. The fraction of sp³-hybridized carbons (Fsp3) is 0.333. The number of aromatic nitrogens is 1. The topological polar surface area (TPSA) is 39.9 Å². The van der Waals surface area contributed by atoms with E-state index in [2.05, 4.69) is 16.0 Å². The molecule has 0 aliphatic carbocycles. The van der Waals surface area contributed by atoms with Gasteiger partial charge in [-0.25, -0.2) is 0 Å². The van der Waals surface area contributed by atoms with Gasteiger partial charge in [0.05, 0.1) is 6.07 Å². The molecule has 0 bridgehead atoms. The van der Waals surface area contributed by atoms with Gasteiger partial charge in [-0.1, -0.05) is 6.08 Å². The lowest BCUT2D eigenvalue weighted by atomic mass is 10.1. The maximum absolute atomic E-state index is 8.72. The summed E-state index contributed by atoms with van der Waals surface area (Å²) >= 11 is 0. The van der Waals surface area contributed by atoms with Gasteiger partial charge in [-0.2, -0.15) is 5.26 Å². The van der Waals surface area contributed by atoms with E-state index in [1.165, 1.54) is 5.56 Å². The summed E-state index contributed by atoms with van der Waals surface area (Å²) in [4.78, 5) is 6.32. The molecule has 1 aliphatic rings. The van der Waals surface area contributed by atoms with Gasteiger partial charge in [-0.05, 0) is 24.1 Å². The SMILES string of the molecule is N#CC1=CCN(Cc2ccncc2)CC1. The number of rotatable bonds is 2. The molecule has 0 unspecified atom stereocenters. The van der Waals surface area contributed by atoms with Crippen molar-refractivity contribution in [3.63, 3.8) is 0 Å². The maximum Gasteiger partial charge on any atom is 0.0944 e. The fourth-order valence-corrected chi connectivity index (χ4v) is 1.70. The Hall–Kier alpha value is -1.66. The molecule has 2 heterocycles. The van der Waals surface area contributed by atoms with E-state index in [1.807, 2.05) is 30.6 Å². The van der Waals surface area contributed by atoms with Gasteiger partial charge in [0.25, 0.3) is 0 Å². The quantitative estimate of drug-likeness (QED) is 0.728. The van der Waals surface area contributed by atoms with Gasteiger partial charge in [0.1, 0.15) is 0 Å². The minimum atomic E-state index is 0.877. The smallest absolute Gasteiger partial charge is 0.0944 e. The zero-order valence-corrected chi connectivity index (χ0v) is 8.56. The van der Waals surface area contributed by atoms with E-state index in [4.69, 9.17) is 5.26 Å². The lowest BCUT2D eigenvalue weighted by Gasteiger charge is -2.24. The van der Waals surface area contributed by atoms with Gasteiger partial charge in [0, 0.05) is 37.6 Å². The Morgan fingerprint density at radius 2 is 2.20 bits per heavy atom. The predicted molar refractivity (Wildman–Crippen MR) is 57.8 cm³/mol. The van der Waals surface area contributed by atoms with Crippen LogP contribution in [0.5, 0.6) is 0 Å². The molecule has 0 saturated carbocycles. The normalized spacial score (nSPS) is 16.9. The minimum Gasteiger partial charge on any atom is -0.295 e. The van der Waals surface area contributed by atoms with Crippen LogP contribution in [0, 0.1) is 11.3 Å². The van der Waals surface area contributed by atoms with Crippen LogP contribution in [0.2, 0.25) is 0 Å². The van der Waals surface area contributed by atoms with Crippen molar-refractivity contribution in [3.8, 4) is 6.07 Å². The predicted octanol–water partition coefficient (Wildman–Crippen LogP) is 1.74. The van der Waals surface area contributed by atoms with Gasteiger partial charge < -0.3 is 0 Å². The van der Waals surface area contributed by atoms with Crippen molar-refractivity contribution in [2.24, 2.45) is 0 Å². The van der Waals surface area contributed by atoms with E-state index in [0.717, 1.165) is 31.6 Å². The summed E-state index contributed by atoms with van der Waals surface area (Å²) < 4.78 is 0. The van der Waals surface area contributed by atoms with E-state index in [0.29, 0.717) is 0 Å². The summed E-state index contributed by atoms with van der Waals surface area (Å²) in [6, 6.07) is 6.28. The number of nitriles is 1. The van der Waals surface area contributed by atoms with Crippen LogP contribution in [0.25, 0.3) is 0 Å². The molecule has 0 aromatic carbocycles. The van der Waals surface area contributed by atoms with E-state index in [1.54, 1.807) is 0 Å². The largest absolute Gasteiger partial charge is 0.295 e. The first kappa shape index (κ1) is 9.88. The van der Waals surface area contributed by atoms with E-state index in [-0.39, 0.29) is 0 Å². The van der Waals surface area contributed by atoms with Crippen LogP contribution in [-0.2, 0) is 6.54 Å². The monoisotopic (exact) mass is 199 g/mol. The summed E-state index contributed by atoms with van der Waals surface area (Å²) in [6.07, 6.45) is 6.53. The molecule has 2 rings (SSSR count). The van der Waals surface area contributed by atoms with Crippen LogP contribution in [0.4, 0.5) is 0 Å². The zero-order chi connectivity index (χ0) is 10.5. The molecule has 3 nitrogen and oxygen atoms in total. The first-order valence-electron chi connectivity index (χ1n) is 5.09. The first-order chi connectivity index (χ1) is 7.38. The highest BCUT2D eigenvalue weighted by molar-refractivity contribution is 5.23. The van der Waals surface area contributed by atoms with E-state index >= 15 is 0 Å². The molecular formula is C12H13N3. The molecule has 0 radical (unpaired) electrons. The van der Waals surface area contributed by atoms with Crippen molar-refractivity contribution in [1.29, 1.82) is 5.26 Å². The number of hydrogen-bond acceptors (Lipinski definition) is 3. The van der Waals surface area contributed by atoms with Crippen molar-refractivity contribution in [3.05, 3.63) is 41.7 Å². The summed E-state index contributed by atoms with van der Waals surface area (Å²) in [7, 11) is 0. The molecule has 1 aromatic rings. The molecule has 0 saturated heterocycles. The van der Waals surface area contributed by atoms with Crippen LogP contribution >= 0.6 is 0 Å². The van der Waals surface area contributed by atoms with Gasteiger partial charge in [0.2, 0.25) is 0 Å². The Morgan fingerprint density at radius 3 is 2.80 bits per heavy atom. The average Bonchev–Trinajstić information content (AvgIpc) is 2.31. The van der Waals surface area contributed by atoms with Crippen LogP contribution < -0.4 is 0 Å². The molecule has 76 valence electrons. The highest BCUT2D eigenvalue weighted by Gasteiger charge is 2.10. The molecule has 15 heavy (non-hydrogen) atoms. The molecule has 0 spiro atoms. The van der Waals surface area contributed by atoms with Crippen molar-refractivity contribution < 1.29 is 0 Å². The first-order valence-corrected chi connectivity index (χ1v) is 5.09. The lowest BCUT2D eigenvalue weighted by Crippen LogP contribution is -2.28. The number of hydrogen-bond donors (Lipinski definition) is 0. The average molecular weight is 199 g/mol. The number of pyridine rings is 1. The summed E-state index contributed by atoms with van der Waals surface area (Å²) in [5.41, 5.74) is 2.19. The molecule has 0 amide bonds. The molecule has 1 aromatic heterocycles.